The third-order valence-corrected chi connectivity index (χ3v) is 4.77. The van der Waals surface area contributed by atoms with E-state index in [9.17, 15) is 13.5 Å². The summed E-state index contributed by atoms with van der Waals surface area (Å²) in [5, 5.41) is 11.5. The van der Waals surface area contributed by atoms with Crippen LogP contribution in [0.25, 0.3) is 0 Å². The van der Waals surface area contributed by atoms with E-state index in [4.69, 9.17) is 9.29 Å². The first-order valence-electron chi connectivity index (χ1n) is 8.45. The van der Waals surface area contributed by atoms with Crippen molar-refractivity contribution in [3.05, 3.63) is 48.0 Å². The number of hydrogen-bond acceptors (Lipinski definition) is 4. The van der Waals surface area contributed by atoms with E-state index in [0.717, 1.165) is 30.5 Å². The summed E-state index contributed by atoms with van der Waals surface area (Å²) in [5.41, 5.74) is 1.14. The predicted octanol–water partition coefficient (Wildman–Crippen LogP) is 1.32. The average molecular weight is 403 g/mol. The summed E-state index contributed by atoms with van der Waals surface area (Å²) in [5.74, 6) is -0.0194. The molecular formula is C19H23KO5S. The molecule has 0 aliphatic rings. The van der Waals surface area contributed by atoms with E-state index in [-0.39, 0.29) is 57.1 Å². The number of unbranched alkanes of at least 4 members (excludes halogenated alkanes) is 4. The van der Waals surface area contributed by atoms with Crippen molar-refractivity contribution in [1.29, 1.82) is 0 Å². The van der Waals surface area contributed by atoms with Crippen LogP contribution in [0.2, 0.25) is 0 Å². The van der Waals surface area contributed by atoms with Crippen LogP contribution in [0.15, 0.2) is 47.4 Å². The van der Waals surface area contributed by atoms with E-state index in [1.54, 1.807) is 6.07 Å². The summed E-state index contributed by atoms with van der Waals surface area (Å²) in [6.07, 6.45) is 6.98. The summed E-state index contributed by atoms with van der Waals surface area (Å²) in [7, 11) is -4.57. The monoisotopic (exact) mass is 402 g/mol. The van der Waals surface area contributed by atoms with Crippen LogP contribution < -0.4 is 61.2 Å². The molecule has 2 rings (SSSR count). The maximum atomic E-state index is 11.5. The van der Waals surface area contributed by atoms with Gasteiger partial charge >= 0.3 is 51.4 Å². The Morgan fingerprint density at radius 3 is 2.38 bits per heavy atom. The Kier molecular flexibility index (Phi) is 10.4. The molecule has 0 unspecified atom stereocenters. The molecule has 2 aromatic rings. The summed E-state index contributed by atoms with van der Waals surface area (Å²) >= 11 is 0. The summed E-state index contributed by atoms with van der Waals surface area (Å²) in [6.45, 7) is 2.19. The van der Waals surface area contributed by atoms with Crippen molar-refractivity contribution >= 4 is 10.1 Å². The van der Waals surface area contributed by atoms with Crippen molar-refractivity contribution < 1.29 is 74.2 Å². The van der Waals surface area contributed by atoms with E-state index >= 15 is 0 Å². The van der Waals surface area contributed by atoms with E-state index in [0.29, 0.717) is 5.75 Å². The van der Waals surface area contributed by atoms with Crippen molar-refractivity contribution in [2.24, 2.45) is 0 Å². The molecule has 0 saturated heterocycles. The fraction of sp³-hybridized carbons (Fsp3) is 0.368. The van der Waals surface area contributed by atoms with E-state index < -0.39 is 20.8 Å². The van der Waals surface area contributed by atoms with Crippen LogP contribution in [0.4, 0.5) is 0 Å². The van der Waals surface area contributed by atoms with Gasteiger partial charge in [-0.05, 0) is 36.6 Å². The van der Waals surface area contributed by atoms with Crippen molar-refractivity contribution in [3.8, 4) is 17.2 Å². The van der Waals surface area contributed by atoms with Crippen molar-refractivity contribution in [2.75, 3.05) is 0 Å². The van der Waals surface area contributed by atoms with E-state index in [2.05, 4.69) is 6.92 Å². The molecule has 0 atom stereocenters. The van der Waals surface area contributed by atoms with Crippen molar-refractivity contribution in [3.63, 3.8) is 0 Å². The van der Waals surface area contributed by atoms with E-state index in [1.165, 1.54) is 31.7 Å². The van der Waals surface area contributed by atoms with Gasteiger partial charge in [-0.25, -0.2) is 0 Å². The van der Waals surface area contributed by atoms with Crippen LogP contribution in [0.3, 0.4) is 0 Å². The molecule has 0 aromatic heterocycles. The largest absolute Gasteiger partial charge is 1.00 e. The Balaban J connectivity index is 0.00000338. The number of rotatable bonds is 9. The molecule has 0 aliphatic carbocycles. The maximum absolute atomic E-state index is 11.5. The van der Waals surface area contributed by atoms with Crippen LogP contribution in [0.5, 0.6) is 17.2 Å². The van der Waals surface area contributed by atoms with Crippen LogP contribution in [0, 0.1) is 0 Å². The SMILES string of the molecule is CCCCCCCc1cccc(Oc2ccc([O-])c(S(=O)(=O)O)c2)c1.[K+]. The Hall–Kier alpha value is -0.414. The van der Waals surface area contributed by atoms with Gasteiger partial charge < -0.3 is 9.84 Å². The molecule has 136 valence electrons. The Labute approximate surface area is 198 Å². The first-order chi connectivity index (χ1) is 11.9. The summed E-state index contributed by atoms with van der Waals surface area (Å²) in [4.78, 5) is -0.683. The molecular weight excluding hydrogens is 379 g/mol. The molecule has 1 N–H and O–H groups in total. The molecule has 26 heavy (non-hydrogen) atoms. The predicted molar refractivity (Wildman–Crippen MR) is 94.7 cm³/mol. The average Bonchev–Trinajstić information content (AvgIpc) is 2.56. The standard InChI is InChI=1S/C19H24O5S.K/c1-2-3-4-5-6-8-15-9-7-10-16(13-15)24-17-11-12-18(20)19(14-17)25(21,22)23;/h7,9-14,20H,2-6,8H2,1H3,(H,21,22,23);/q;+1/p-1. The zero-order valence-corrected chi connectivity index (χ0v) is 19.2. The normalized spacial score (nSPS) is 11.0. The second-order valence-corrected chi connectivity index (χ2v) is 7.39. The molecule has 0 amide bonds. The summed E-state index contributed by atoms with van der Waals surface area (Å²) in [6, 6.07) is 11.1. The molecule has 0 radical (unpaired) electrons. The van der Waals surface area contributed by atoms with Gasteiger partial charge in [0.15, 0.2) is 0 Å². The smallest absolute Gasteiger partial charge is 0.872 e. The molecule has 0 bridgehead atoms. The minimum atomic E-state index is -4.57. The maximum Gasteiger partial charge on any atom is 1.00 e. The number of ether oxygens (including phenoxy) is 1. The quantitative estimate of drug-likeness (QED) is 0.388. The van der Waals surface area contributed by atoms with E-state index in [1.807, 2.05) is 18.2 Å². The van der Waals surface area contributed by atoms with Crippen LogP contribution in [0.1, 0.15) is 44.6 Å². The van der Waals surface area contributed by atoms with Crippen LogP contribution in [-0.2, 0) is 16.5 Å². The Morgan fingerprint density at radius 1 is 1.00 bits per heavy atom. The third kappa shape index (κ3) is 7.68. The van der Waals surface area contributed by atoms with Gasteiger partial charge in [-0.2, -0.15) is 8.42 Å². The minimum absolute atomic E-state index is 0. The first kappa shape index (κ1) is 23.6. The number of aryl methyl sites for hydroxylation is 1. The van der Waals surface area contributed by atoms with Gasteiger partial charge in [-0.1, -0.05) is 56.6 Å². The van der Waals surface area contributed by atoms with Gasteiger partial charge in [-0.3, -0.25) is 4.55 Å². The molecule has 0 saturated carbocycles. The van der Waals surface area contributed by atoms with Crippen molar-refractivity contribution in [1.82, 2.24) is 0 Å². The molecule has 0 heterocycles. The van der Waals surface area contributed by atoms with Gasteiger partial charge in [0.2, 0.25) is 0 Å². The van der Waals surface area contributed by atoms with Crippen LogP contribution in [-0.4, -0.2) is 13.0 Å². The van der Waals surface area contributed by atoms with Crippen LogP contribution >= 0.6 is 0 Å². The van der Waals surface area contributed by atoms with Gasteiger partial charge in [0, 0.05) is 6.07 Å². The molecule has 0 fully saturated rings. The van der Waals surface area contributed by atoms with Gasteiger partial charge in [-0.15, -0.1) is 0 Å². The topological polar surface area (TPSA) is 86.7 Å². The molecule has 5 nitrogen and oxygen atoms in total. The molecule has 0 aliphatic heterocycles. The second kappa shape index (κ2) is 11.4. The number of hydrogen-bond donors (Lipinski definition) is 1. The van der Waals surface area contributed by atoms with Crippen molar-refractivity contribution in [2.45, 2.75) is 50.3 Å². The van der Waals surface area contributed by atoms with Gasteiger partial charge in [0.1, 0.15) is 11.5 Å². The zero-order chi connectivity index (χ0) is 18.3. The minimum Gasteiger partial charge on any atom is -0.872 e. The fourth-order valence-electron chi connectivity index (χ4n) is 2.59. The Bertz CT molecular complexity index is 805. The fourth-order valence-corrected chi connectivity index (χ4v) is 3.17. The Morgan fingerprint density at radius 2 is 1.69 bits per heavy atom. The molecule has 0 spiro atoms. The summed E-state index contributed by atoms with van der Waals surface area (Å²) < 4.78 is 37.1. The second-order valence-electron chi connectivity index (χ2n) is 6.00. The number of benzene rings is 2. The zero-order valence-electron chi connectivity index (χ0n) is 15.3. The van der Waals surface area contributed by atoms with Gasteiger partial charge in [0.25, 0.3) is 10.1 Å². The first-order valence-corrected chi connectivity index (χ1v) is 9.89. The van der Waals surface area contributed by atoms with Gasteiger partial charge in [0.05, 0.1) is 4.90 Å². The molecule has 7 heteroatoms. The third-order valence-electron chi connectivity index (χ3n) is 3.90. The molecule has 2 aromatic carbocycles.